The summed E-state index contributed by atoms with van der Waals surface area (Å²) in [5, 5.41) is 8.88. The fraction of sp³-hybridized carbons (Fsp3) is 0.917. The molecular formula is C12H25NO2. The third kappa shape index (κ3) is 6.50. The van der Waals surface area contributed by atoms with E-state index in [9.17, 15) is 4.79 Å². The van der Waals surface area contributed by atoms with Crippen LogP contribution in [-0.4, -0.2) is 35.6 Å². The van der Waals surface area contributed by atoms with Crippen LogP contribution in [0.25, 0.3) is 0 Å². The molecule has 0 bridgehead atoms. The molecule has 0 saturated carbocycles. The van der Waals surface area contributed by atoms with E-state index in [-0.39, 0.29) is 18.4 Å². The van der Waals surface area contributed by atoms with Gasteiger partial charge in [-0.25, -0.2) is 0 Å². The van der Waals surface area contributed by atoms with Crippen LogP contribution in [-0.2, 0) is 4.79 Å². The van der Waals surface area contributed by atoms with E-state index in [2.05, 4.69) is 6.92 Å². The number of aliphatic hydroxyl groups excluding tert-OH is 1. The number of hydrogen-bond donors (Lipinski definition) is 1. The Hall–Kier alpha value is -0.570. The summed E-state index contributed by atoms with van der Waals surface area (Å²) in [6, 6.07) is 0. The van der Waals surface area contributed by atoms with Gasteiger partial charge in [-0.2, -0.15) is 0 Å². The first kappa shape index (κ1) is 14.4. The highest BCUT2D eigenvalue weighted by Crippen LogP contribution is 2.05. The maximum Gasteiger partial charge on any atom is 0.225 e. The average Bonchev–Trinajstić information content (AvgIpc) is 2.21. The molecule has 0 aromatic rings. The summed E-state index contributed by atoms with van der Waals surface area (Å²) in [5.74, 6) is 0.184. The second-order valence-corrected chi connectivity index (χ2v) is 4.26. The van der Waals surface area contributed by atoms with E-state index >= 15 is 0 Å². The highest BCUT2D eigenvalue weighted by Gasteiger charge is 2.15. The maximum absolute atomic E-state index is 11.7. The van der Waals surface area contributed by atoms with Crippen molar-refractivity contribution in [3.05, 3.63) is 0 Å². The minimum Gasteiger partial charge on any atom is -0.395 e. The van der Waals surface area contributed by atoms with Gasteiger partial charge < -0.3 is 10.0 Å². The zero-order valence-corrected chi connectivity index (χ0v) is 10.3. The third-order valence-corrected chi connectivity index (χ3v) is 2.46. The number of rotatable bonds is 8. The Morgan fingerprint density at radius 1 is 1.20 bits per heavy atom. The van der Waals surface area contributed by atoms with Gasteiger partial charge in [0.2, 0.25) is 5.91 Å². The lowest BCUT2D eigenvalue weighted by molar-refractivity contribution is -0.135. The summed E-state index contributed by atoms with van der Waals surface area (Å²) >= 11 is 0. The van der Waals surface area contributed by atoms with Crippen molar-refractivity contribution in [1.82, 2.24) is 4.90 Å². The second-order valence-electron chi connectivity index (χ2n) is 4.26. The van der Waals surface area contributed by atoms with Crippen LogP contribution < -0.4 is 0 Å². The normalized spacial score (nSPS) is 10.7. The number of aliphatic hydroxyl groups is 1. The lowest BCUT2D eigenvalue weighted by atomic mass is 10.1. The molecule has 0 aliphatic rings. The van der Waals surface area contributed by atoms with Gasteiger partial charge in [-0.3, -0.25) is 4.79 Å². The lowest BCUT2D eigenvalue weighted by Crippen LogP contribution is -2.37. The van der Waals surface area contributed by atoms with Gasteiger partial charge in [-0.05, 0) is 6.42 Å². The molecule has 0 atom stereocenters. The van der Waals surface area contributed by atoms with Crippen molar-refractivity contribution in [1.29, 1.82) is 0 Å². The van der Waals surface area contributed by atoms with Crippen LogP contribution in [0.5, 0.6) is 0 Å². The van der Waals surface area contributed by atoms with Gasteiger partial charge in [-0.15, -0.1) is 0 Å². The summed E-state index contributed by atoms with van der Waals surface area (Å²) in [6.07, 6.45) is 4.65. The molecule has 0 aliphatic carbocycles. The quantitative estimate of drug-likeness (QED) is 0.629. The van der Waals surface area contributed by atoms with E-state index in [0.717, 1.165) is 13.0 Å². The molecule has 15 heavy (non-hydrogen) atoms. The number of amides is 1. The maximum atomic E-state index is 11.7. The molecule has 0 aromatic carbocycles. The van der Waals surface area contributed by atoms with E-state index in [1.807, 2.05) is 13.8 Å². The van der Waals surface area contributed by atoms with Gasteiger partial charge in [-0.1, -0.05) is 40.0 Å². The second kappa shape index (κ2) is 8.72. The smallest absolute Gasteiger partial charge is 0.225 e. The Kier molecular flexibility index (Phi) is 8.38. The van der Waals surface area contributed by atoms with Crippen molar-refractivity contribution < 1.29 is 9.90 Å². The van der Waals surface area contributed by atoms with Crippen LogP contribution in [0.15, 0.2) is 0 Å². The number of unbranched alkanes of at least 4 members (excludes halogenated alkanes) is 3. The number of carbonyl (C=O) groups excluding carboxylic acids is 1. The molecule has 0 unspecified atom stereocenters. The predicted octanol–water partition coefficient (Wildman–Crippen LogP) is 2.04. The molecule has 1 amide bonds. The average molecular weight is 215 g/mol. The largest absolute Gasteiger partial charge is 0.395 e. The first-order chi connectivity index (χ1) is 7.13. The van der Waals surface area contributed by atoms with E-state index in [1.165, 1.54) is 19.3 Å². The van der Waals surface area contributed by atoms with Gasteiger partial charge in [0.05, 0.1) is 6.61 Å². The predicted molar refractivity (Wildman–Crippen MR) is 62.6 cm³/mol. The van der Waals surface area contributed by atoms with Gasteiger partial charge >= 0.3 is 0 Å². The molecule has 3 nitrogen and oxygen atoms in total. The molecule has 0 spiro atoms. The minimum absolute atomic E-state index is 0.0303. The van der Waals surface area contributed by atoms with Crippen molar-refractivity contribution in [2.24, 2.45) is 5.92 Å². The fourth-order valence-corrected chi connectivity index (χ4v) is 1.55. The van der Waals surface area contributed by atoms with E-state index in [1.54, 1.807) is 4.90 Å². The summed E-state index contributed by atoms with van der Waals surface area (Å²) in [6.45, 7) is 7.30. The van der Waals surface area contributed by atoms with Crippen molar-refractivity contribution in [3.8, 4) is 0 Å². The van der Waals surface area contributed by atoms with Crippen LogP contribution in [0.3, 0.4) is 0 Å². The summed E-state index contributed by atoms with van der Waals surface area (Å²) < 4.78 is 0. The van der Waals surface area contributed by atoms with Gasteiger partial charge in [0, 0.05) is 19.0 Å². The summed E-state index contributed by atoms with van der Waals surface area (Å²) in [5.41, 5.74) is 0. The van der Waals surface area contributed by atoms with E-state index < -0.39 is 0 Å². The van der Waals surface area contributed by atoms with E-state index in [0.29, 0.717) is 6.54 Å². The van der Waals surface area contributed by atoms with Gasteiger partial charge in [0.1, 0.15) is 0 Å². The molecule has 0 aliphatic heterocycles. The Morgan fingerprint density at radius 2 is 1.87 bits per heavy atom. The molecule has 0 fully saturated rings. The first-order valence-electron chi connectivity index (χ1n) is 6.03. The SMILES string of the molecule is CCCCCCN(CCO)C(=O)C(C)C. The summed E-state index contributed by atoms with van der Waals surface area (Å²) in [4.78, 5) is 13.5. The highest BCUT2D eigenvalue weighted by molar-refractivity contribution is 5.78. The van der Waals surface area contributed by atoms with Crippen LogP contribution in [0, 0.1) is 5.92 Å². The Bertz CT molecular complexity index is 169. The zero-order valence-electron chi connectivity index (χ0n) is 10.3. The number of hydrogen-bond acceptors (Lipinski definition) is 2. The number of nitrogens with zero attached hydrogens (tertiary/aromatic N) is 1. The van der Waals surface area contributed by atoms with Crippen molar-refractivity contribution in [2.45, 2.75) is 46.5 Å². The van der Waals surface area contributed by atoms with Gasteiger partial charge in [0.15, 0.2) is 0 Å². The fourth-order valence-electron chi connectivity index (χ4n) is 1.55. The molecule has 90 valence electrons. The number of carbonyl (C=O) groups is 1. The molecule has 0 radical (unpaired) electrons. The topological polar surface area (TPSA) is 40.5 Å². The molecule has 1 N–H and O–H groups in total. The Balaban J connectivity index is 3.87. The first-order valence-corrected chi connectivity index (χ1v) is 6.03. The molecule has 0 aromatic heterocycles. The Labute approximate surface area is 93.5 Å². The van der Waals surface area contributed by atoms with Crippen molar-refractivity contribution in [2.75, 3.05) is 19.7 Å². The molecule has 0 heterocycles. The lowest BCUT2D eigenvalue weighted by Gasteiger charge is -2.23. The van der Waals surface area contributed by atoms with Crippen LogP contribution >= 0.6 is 0 Å². The molecule has 0 rings (SSSR count). The Morgan fingerprint density at radius 3 is 2.33 bits per heavy atom. The van der Waals surface area contributed by atoms with Crippen molar-refractivity contribution in [3.63, 3.8) is 0 Å². The molecular weight excluding hydrogens is 190 g/mol. The monoisotopic (exact) mass is 215 g/mol. The molecule has 0 saturated heterocycles. The summed E-state index contributed by atoms with van der Waals surface area (Å²) in [7, 11) is 0. The van der Waals surface area contributed by atoms with Crippen LogP contribution in [0.4, 0.5) is 0 Å². The zero-order chi connectivity index (χ0) is 11.7. The van der Waals surface area contributed by atoms with Crippen LogP contribution in [0.1, 0.15) is 46.5 Å². The van der Waals surface area contributed by atoms with E-state index in [4.69, 9.17) is 5.11 Å². The standard InChI is InChI=1S/C12H25NO2/c1-4-5-6-7-8-13(9-10-14)12(15)11(2)3/h11,14H,4-10H2,1-3H3. The van der Waals surface area contributed by atoms with Gasteiger partial charge in [0.25, 0.3) is 0 Å². The van der Waals surface area contributed by atoms with Crippen molar-refractivity contribution >= 4 is 5.91 Å². The molecule has 3 heteroatoms. The highest BCUT2D eigenvalue weighted by atomic mass is 16.3. The third-order valence-electron chi connectivity index (χ3n) is 2.46. The minimum atomic E-state index is 0.0303. The van der Waals surface area contributed by atoms with Crippen LogP contribution in [0.2, 0.25) is 0 Å².